The van der Waals surface area contributed by atoms with Gasteiger partial charge in [0.2, 0.25) is 0 Å². The van der Waals surface area contributed by atoms with Gasteiger partial charge in [0.05, 0.1) is 6.10 Å². The second kappa shape index (κ2) is 4.97. The molecule has 0 aromatic carbocycles. The van der Waals surface area contributed by atoms with Crippen molar-refractivity contribution >= 4 is 11.8 Å². The minimum atomic E-state index is -0.230. The molecule has 0 bridgehead atoms. The van der Waals surface area contributed by atoms with Crippen LogP contribution in [0, 0.1) is 34.5 Å². The quantitative estimate of drug-likeness (QED) is 0.686. The third kappa shape index (κ3) is 1.98. The van der Waals surface area contributed by atoms with Crippen LogP contribution in [-0.2, 0) is 14.3 Å². The minimum absolute atomic E-state index is 0.0450. The lowest BCUT2D eigenvalue weighted by Crippen LogP contribution is -2.57. The molecule has 8 atom stereocenters. The Morgan fingerprint density at radius 1 is 1.16 bits per heavy atom. The fraction of sp³-hybridized carbons (Fsp3) is 0.810. The van der Waals surface area contributed by atoms with Gasteiger partial charge < -0.3 is 9.84 Å². The predicted octanol–water partition coefficient (Wildman–Crippen LogP) is 3.03. The number of fused-ring (bicyclic) bond motifs is 7. The van der Waals surface area contributed by atoms with E-state index in [1.807, 2.05) is 0 Å². The fourth-order valence-corrected chi connectivity index (χ4v) is 7.57. The van der Waals surface area contributed by atoms with Crippen molar-refractivity contribution in [1.82, 2.24) is 0 Å². The molecule has 0 aromatic heterocycles. The number of carbonyl (C=O) groups is 2. The first kappa shape index (κ1) is 16.0. The van der Waals surface area contributed by atoms with Gasteiger partial charge in [-0.05, 0) is 67.3 Å². The summed E-state index contributed by atoms with van der Waals surface area (Å²) in [5, 5.41) is 10.1. The van der Waals surface area contributed by atoms with Crippen LogP contribution in [0.15, 0.2) is 11.6 Å². The number of aliphatic hydroxyl groups is 1. The normalized spacial score (nSPS) is 54.1. The van der Waals surface area contributed by atoms with Crippen LogP contribution in [0.25, 0.3) is 0 Å². The molecule has 0 aromatic rings. The van der Waals surface area contributed by atoms with Crippen molar-refractivity contribution < 1.29 is 19.4 Å². The number of aliphatic hydroxyl groups excluding tert-OH is 1. The number of hydrogen-bond acceptors (Lipinski definition) is 4. The van der Waals surface area contributed by atoms with Gasteiger partial charge in [0.25, 0.3) is 0 Å². The van der Waals surface area contributed by atoms with Gasteiger partial charge in [-0.1, -0.05) is 13.8 Å². The van der Waals surface area contributed by atoms with Crippen molar-refractivity contribution in [2.75, 3.05) is 0 Å². The summed E-state index contributed by atoms with van der Waals surface area (Å²) in [7, 11) is 0. The molecule has 4 fully saturated rings. The van der Waals surface area contributed by atoms with Crippen LogP contribution in [0.1, 0.15) is 58.8 Å². The number of rotatable bonds is 0. The Morgan fingerprint density at radius 2 is 1.96 bits per heavy atom. The number of ketones is 1. The second-order valence-corrected chi connectivity index (χ2v) is 9.78. The molecule has 1 aliphatic heterocycles. The largest absolute Gasteiger partial charge is 0.455 e. The van der Waals surface area contributed by atoms with E-state index < -0.39 is 0 Å². The number of ether oxygens (including phenoxy) is 1. The minimum Gasteiger partial charge on any atom is -0.455 e. The molecule has 0 unspecified atom stereocenters. The molecule has 5 rings (SSSR count). The average molecular weight is 344 g/mol. The second-order valence-electron chi connectivity index (χ2n) is 9.78. The Kier molecular flexibility index (Phi) is 3.19. The van der Waals surface area contributed by atoms with E-state index in [1.54, 1.807) is 6.08 Å². The molecule has 4 aliphatic carbocycles. The summed E-state index contributed by atoms with van der Waals surface area (Å²) in [5.74, 6) is 1.63. The summed E-state index contributed by atoms with van der Waals surface area (Å²) >= 11 is 0. The number of esters is 1. The van der Waals surface area contributed by atoms with Gasteiger partial charge in [-0.3, -0.25) is 4.79 Å². The molecule has 136 valence electrons. The fourth-order valence-electron chi connectivity index (χ4n) is 7.57. The van der Waals surface area contributed by atoms with E-state index in [2.05, 4.69) is 13.8 Å². The molecular weight excluding hydrogens is 316 g/mol. The van der Waals surface area contributed by atoms with E-state index in [9.17, 15) is 14.7 Å². The zero-order valence-corrected chi connectivity index (χ0v) is 15.2. The first-order chi connectivity index (χ1) is 11.8. The van der Waals surface area contributed by atoms with E-state index in [0.717, 1.165) is 44.1 Å². The maximum Gasteiger partial charge on any atom is 0.331 e. The highest BCUT2D eigenvalue weighted by molar-refractivity contribution is 5.89. The van der Waals surface area contributed by atoms with Gasteiger partial charge in [-0.2, -0.15) is 0 Å². The number of carbonyl (C=O) groups excluding carboxylic acids is 2. The van der Waals surface area contributed by atoms with Crippen LogP contribution >= 0.6 is 0 Å². The molecular formula is C21H28O4. The molecule has 0 amide bonds. The van der Waals surface area contributed by atoms with Crippen molar-refractivity contribution in [1.29, 1.82) is 0 Å². The van der Waals surface area contributed by atoms with Crippen molar-refractivity contribution in [3.05, 3.63) is 11.6 Å². The van der Waals surface area contributed by atoms with E-state index >= 15 is 0 Å². The zero-order chi connectivity index (χ0) is 17.6. The number of hydrogen-bond donors (Lipinski definition) is 1. The number of Topliss-reactive ketones (excluding diaryl/α,β-unsaturated/α-hetero) is 1. The third-order valence-corrected chi connectivity index (χ3v) is 8.72. The lowest BCUT2D eigenvalue weighted by Gasteiger charge is -2.59. The summed E-state index contributed by atoms with van der Waals surface area (Å²) in [4.78, 5) is 25.1. The Bertz CT molecular complexity index is 681. The smallest absolute Gasteiger partial charge is 0.331 e. The van der Waals surface area contributed by atoms with Gasteiger partial charge in [0.1, 0.15) is 11.9 Å². The Hall–Kier alpha value is -1.16. The SMILES string of the molecule is C[C@]12CC[C@H](O)C[C@@H]1CC[C@@H]1[C@@H]2C(=O)C[C@]2(C)C3=CC(=O)O[C@@H]3C[C@@H]12. The van der Waals surface area contributed by atoms with Crippen LogP contribution in [0.3, 0.4) is 0 Å². The topological polar surface area (TPSA) is 63.6 Å². The third-order valence-electron chi connectivity index (χ3n) is 8.72. The van der Waals surface area contributed by atoms with Crippen LogP contribution < -0.4 is 0 Å². The molecule has 1 heterocycles. The highest BCUT2D eigenvalue weighted by Crippen LogP contribution is 2.67. The molecule has 0 spiro atoms. The maximum atomic E-state index is 13.4. The van der Waals surface area contributed by atoms with E-state index in [-0.39, 0.29) is 34.9 Å². The van der Waals surface area contributed by atoms with Crippen molar-refractivity contribution in [3.8, 4) is 0 Å². The molecule has 0 saturated heterocycles. The van der Waals surface area contributed by atoms with Gasteiger partial charge >= 0.3 is 5.97 Å². The standard InChI is InChI=1S/C21H28O4/c1-20-6-5-12(22)7-11(20)3-4-13-14-8-17-15(9-18(24)25-17)21(14,2)10-16(23)19(13)20/h9,11-14,17,19,22H,3-8,10H2,1-2H3/t11-,12-,13-,14-,17+,19+,20-,21-/m0/s1. The summed E-state index contributed by atoms with van der Waals surface area (Å²) in [5.41, 5.74) is 0.941. The highest BCUT2D eigenvalue weighted by atomic mass is 16.5. The van der Waals surface area contributed by atoms with Crippen LogP contribution in [-0.4, -0.2) is 29.1 Å². The summed E-state index contributed by atoms with van der Waals surface area (Å²) in [6.07, 6.45) is 7.71. The van der Waals surface area contributed by atoms with E-state index in [1.165, 1.54) is 0 Å². The van der Waals surface area contributed by atoms with E-state index in [4.69, 9.17) is 4.74 Å². The summed E-state index contributed by atoms with van der Waals surface area (Å²) in [6.45, 7) is 4.51. The average Bonchev–Trinajstić information content (AvgIpc) is 3.03. The predicted molar refractivity (Wildman–Crippen MR) is 91.5 cm³/mol. The Labute approximate surface area is 149 Å². The molecule has 4 nitrogen and oxygen atoms in total. The molecule has 0 radical (unpaired) electrons. The maximum absolute atomic E-state index is 13.4. The van der Waals surface area contributed by atoms with E-state index in [0.29, 0.717) is 30.0 Å². The van der Waals surface area contributed by atoms with Gasteiger partial charge in [0, 0.05) is 23.8 Å². The van der Waals surface area contributed by atoms with Crippen molar-refractivity contribution in [3.63, 3.8) is 0 Å². The van der Waals surface area contributed by atoms with Crippen LogP contribution in [0.2, 0.25) is 0 Å². The van der Waals surface area contributed by atoms with Gasteiger partial charge in [0.15, 0.2) is 0 Å². The van der Waals surface area contributed by atoms with Crippen LogP contribution in [0.5, 0.6) is 0 Å². The molecule has 25 heavy (non-hydrogen) atoms. The summed E-state index contributed by atoms with van der Waals surface area (Å²) < 4.78 is 5.53. The summed E-state index contributed by atoms with van der Waals surface area (Å²) in [6, 6.07) is 0. The Balaban J connectivity index is 1.53. The lowest BCUT2D eigenvalue weighted by molar-refractivity contribution is -0.158. The first-order valence-electron chi connectivity index (χ1n) is 9.96. The molecule has 4 heteroatoms. The van der Waals surface area contributed by atoms with Crippen molar-refractivity contribution in [2.45, 2.75) is 71.0 Å². The molecule has 5 aliphatic rings. The van der Waals surface area contributed by atoms with Crippen molar-refractivity contribution in [2.24, 2.45) is 34.5 Å². The monoisotopic (exact) mass is 344 g/mol. The van der Waals surface area contributed by atoms with Crippen LogP contribution in [0.4, 0.5) is 0 Å². The zero-order valence-electron chi connectivity index (χ0n) is 15.2. The molecule has 4 saturated carbocycles. The van der Waals surface area contributed by atoms with Gasteiger partial charge in [-0.15, -0.1) is 0 Å². The Morgan fingerprint density at radius 3 is 2.76 bits per heavy atom. The lowest BCUT2D eigenvalue weighted by atomic mass is 9.44. The highest BCUT2D eigenvalue weighted by Gasteiger charge is 2.64. The first-order valence-corrected chi connectivity index (χ1v) is 9.96. The molecule has 1 N–H and O–H groups in total. The van der Waals surface area contributed by atoms with Gasteiger partial charge in [-0.25, -0.2) is 4.79 Å².